The lowest BCUT2D eigenvalue weighted by Crippen LogP contribution is -2.28. The van der Waals surface area contributed by atoms with E-state index in [1.807, 2.05) is 31.2 Å². The van der Waals surface area contributed by atoms with Crippen molar-refractivity contribution in [1.29, 1.82) is 0 Å². The summed E-state index contributed by atoms with van der Waals surface area (Å²) in [5.74, 6) is -0.545. The molecule has 0 saturated heterocycles. The number of hydrogen-bond donors (Lipinski definition) is 3. The van der Waals surface area contributed by atoms with Gasteiger partial charge >= 0.3 is 6.03 Å². The van der Waals surface area contributed by atoms with E-state index >= 15 is 0 Å². The van der Waals surface area contributed by atoms with Crippen molar-refractivity contribution in [3.8, 4) is 0 Å². The first kappa shape index (κ1) is 19.1. The van der Waals surface area contributed by atoms with Gasteiger partial charge in [0.2, 0.25) is 0 Å². The van der Waals surface area contributed by atoms with Gasteiger partial charge in [-0.3, -0.25) is 4.79 Å². The lowest BCUT2D eigenvalue weighted by atomic mass is 10.1. The predicted molar refractivity (Wildman–Crippen MR) is 108 cm³/mol. The third kappa shape index (κ3) is 5.41. The van der Waals surface area contributed by atoms with E-state index in [9.17, 15) is 14.0 Å². The summed E-state index contributed by atoms with van der Waals surface area (Å²) in [4.78, 5) is 24.2. The number of carbonyl (C=O) groups is 2. The second-order valence-electron chi connectivity index (χ2n) is 6.33. The molecule has 0 aliphatic heterocycles. The Morgan fingerprint density at radius 2 is 1.36 bits per heavy atom. The topological polar surface area (TPSA) is 70.2 Å². The highest BCUT2D eigenvalue weighted by Gasteiger charge is 2.07. The van der Waals surface area contributed by atoms with Gasteiger partial charge in [0.15, 0.2) is 0 Å². The van der Waals surface area contributed by atoms with Gasteiger partial charge in [0.05, 0.1) is 0 Å². The molecule has 0 bridgehead atoms. The van der Waals surface area contributed by atoms with Gasteiger partial charge in [0.1, 0.15) is 5.82 Å². The molecule has 6 heteroatoms. The van der Waals surface area contributed by atoms with Crippen LogP contribution in [-0.2, 0) is 6.54 Å². The summed E-state index contributed by atoms with van der Waals surface area (Å²) in [5.41, 5.74) is 3.67. The standard InChI is InChI=1S/C22H20FN3O2/c1-15-2-10-19(11-3-15)25-21(27)17-6-12-20(13-7-17)26-22(28)24-14-16-4-8-18(23)9-5-16/h2-13H,14H2,1H3,(H,25,27)(H2,24,26,28). The Kier molecular flexibility index (Phi) is 6.01. The Labute approximate surface area is 162 Å². The molecule has 5 nitrogen and oxygen atoms in total. The van der Waals surface area contributed by atoms with Crippen LogP contribution in [-0.4, -0.2) is 11.9 Å². The highest BCUT2D eigenvalue weighted by Crippen LogP contribution is 2.13. The van der Waals surface area contributed by atoms with Crippen LogP contribution < -0.4 is 16.0 Å². The fraction of sp³-hybridized carbons (Fsp3) is 0.0909. The fourth-order valence-electron chi connectivity index (χ4n) is 2.50. The monoisotopic (exact) mass is 377 g/mol. The van der Waals surface area contributed by atoms with Crippen molar-refractivity contribution in [2.75, 3.05) is 10.6 Å². The summed E-state index contributed by atoms with van der Waals surface area (Å²) < 4.78 is 12.9. The largest absolute Gasteiger partial charge is 0.334 e. The van der Waals surface area contributed by atoms with Crippen LogP contribution in [0.5, 0.6) is 0 Å². The van der Waals surface area contributed by atoms with Crippen molar-refractivity contribution in [2.24, 2.45) is 0 Å². The summed E-state index contributed by atoms with van der Waals surface area (Å²) >= 11 is 0. The van der Waals surface area contributed by atoms with Crippen LogP contribution in [0.3, 0.4) is 0 Å². The maximum atomic E-state index is 12.9. The normalized spacial score (nSPS) is 10.2. The first-order chi connectivity index (χ1) is 13.5. The maximum absolute atomic E-state index is 12.9. The van der Waals surface area contributed by atoms with Crippen LogP contribution in [0.2, 0.25) is 0 Å². The molecule has 3 aromatic carbocycles. The summed E-state index contributed by atoms with van der Waals surface area (Å²) in [5, 5.41) is 8.20. The number of halogens is 1. The van der Waals surface area contributed by atoms with Crippen LogP contribution in [0.4, 0.5) is 20.6 Å². The fourth-order valence-corrected chi connectivity index (χ4v) is 2.50. The van der Waals surface area contributed by atoms with Gasteiger partial charge < -0.3 is 16.0 Å². The molecule has 0 heterocycles. The minimum Gasteiger partial charge on any atom is -0.334 e. The van der Waals surface area contributed by atoms with Gasteiger partial charge in [0.25, 0.3) is 5.91 Å². The van der Waals surface area contributed by atoms with E-state index in [1.165, 1.54) is 12.1 Å². The molecule has 0 atom stereocenters. The predicted octanol–water partition coefficient (Wildman–Crippen LogP) is 4.71. The molecular weight excluding hydrogens is 357 g/mol. The molecule has 0 aromatic heterocycles. The number of amides is 3. The zero-order valence-electron chi connectivity index (χ0n) is 15.3. The SMILES string of the molecule is Cc1ccc(NC(=O)c2ccc(NC(=O)NCc3ccc(F)cc3)cc2)cc1. The molecule has 0 aliphatic rings. The summed E-state index contributed by atoms with van der Waals surface area (Å²) in [6.07, 6.45) is 0. The number of anilines is 2. The summed E-state index contributed by atoms with van der Waals surface area (Å²) in [6.45, 7) is 2.26. The number of aryl methyl sites for hydroxylation is 1. The lowest BCUT2D eigenvalue weighted by Gasteiger charge is -2.09. The van der Waals surface area contributed by atoms with Crippen molar-refractivity contribution in [3.05, 3.63) is 95.3 Å². The van der Waals surface area contributed by atoms with E-state index in [0.29, 0.717) is 11.3 Å². The second kappa shape index (κ2) is 8.81. The van der Waals surface area contributed by atoms with Gasteiger partial charge in [0, 0.05) is 23.5 Å². The van der Waals surface area contributed by atoms with Crippen molar-refractivity contribution in [2.45, 2.75) is 13.5 Å². The van der Waals surface area contributed by atoms with Crippen LogP contribution in [0.25, 0.3) is 0 Å². The van der Waals surface area contributed by atoms with Crippen molar-refractivity contribution in [3.63, 3.8) is 0 Å². The molecule has 3 amide bonds. The van der Waals surface area contributed by atoms with Gasteiger partial charge in [-0.1, -0.05) is 29.8 Å². The van der Waals surface area contributed by atoms with E-state index in [1.54, 1.807) is 36.4 Å². The zero-order valence-corrected chi connectivity index (χ0v) is 15.3. The first-order valence-electron chi connectivity index (χ1n) is 8.77. The number of hydrogen-bond acceptors (Lipinski definition) is 2. The number of benzene rings is 3. The molecular formula is C22H20FN3O2. The Morgan fingerprint density at radius 1 is 0.786 bits per heavy atom. The van der Waals surface area contributed by atoms with E-state index in [4.69, 9.17) is 0 Å². The smallest absolute Gasteiger partial charge is 0.319 e. The van der Waals surface area contributed by atoms with Crippen LogP contribution >= 0.6 is 0 Å². The van der Waals surface area contributed by atoms with E-state index < -0.39 is 0 Å². The second-order valence-corrected chi connectivity index (χ2v) is 6.33. The molecule has 28 heavy (non-hydrogen) atoms. The number of rotatable bonds is 5. The van der Waals surface area contributed by atoms with Crippen LogP contribution in [0.1, 0.15) is 21.5 Å². The third-order valence-electron chi connectivity index (χ3n) is 4.08. The first-order valence-corrected chi connectivity index (χ1v) is 8.77. The molecule has 142 valence electrons. The molecule has 3 rings (SSSR count). The average Bonchev–Trinajstić information content (AvgIpc) is 2.70. The molecule has 0 fully saturated rings. The molecule has 0 radical (unpaired) electrons. The van der Waals surface area contributed by atoms with Gasteiger partial charge in [-0.25, -0.2) is 9.18 Å². The van der Waals surface area contributed by atoms with Crippen molar-refractivity contribution >= 4 is 23.3 Å². The molecule has 3 aromatic rings. The zero-order chi connectivity index (χ0) is 19.9. The summed E-state index contributed by atoms with van der Waals surface area (Å²) in [7, 11) is 0. The average molecular weight is 377 g/mol. The van der Waals surface area contributed by atoms with E-state index in [0.717, 1.165) is 16.8 Å². The third-order valence-corrected chi connectivity index (χ3v) is 4.08. The van der Waals surface area contributed by atoms with Crippen molar-refractivity contribution in [1.82, 2.24) is 5.32 Å². The number of carbonyl (C=O) groups excluding carboxylic acids is 2. The minimum absolute atomic E-state index is 0.226. The Balaban J connectivity index is 1.51. The number of urea groups is 1. The molecule has 0 unspecified atom stereocenters. The van der Waals surface area contributed by atoms with Gasteiger partial charge in [-0.05, 0) is 61.0 Å². The number of nitrogens with one attached hydrogen (secondary N) is 3. The highest BCUT2D eigenvalue weighted by molar-refractivity contribution is 6.04. The quantitative estimate of drug-likeness (QED) is 0.603. The Bertz CT molecular complexity index is 953. The Morgan fingerprint density at radius 3 is 2.00 bits per heavy atom. The minimum atomic E-state index is -0.388. The van der Waals surface area contributed by atoms with Crippen LogP contribution in [0, 0.1) is 12.7 Å². The Hall–Kier alpha value is -3.67. The summed E-state index contributed by atoms with van der Waals surface area (Å²) in [6, 6.07) is 19.6. The van der Waals surface area contributed by atoms with E-state index in [-0.39, 0.29) is 24.3 Å². The highest BCUT2D eigenvalue weighted by atomic mass is 19.1. The lowest BCUT2D eigenvalue weighted by molar-refractivity contribution is 0.102. The molecule has 0 spiro atoms. The molecule has 3 N–H and O–H groups in total. The van der Waals surface area contributed by atoms with Gasteiger partial charge in [-0.15, -0.1) is 0 Å². The van der Waals surface area contributed by atoms with Gasteiger partial charge in [-0.2, -0.15) is 0 Å². The van der Waals surface area contributed by atoms with E-state index in [2.05, 4.69) is 16.0 Å². The molecule has 0 aliphatic carbocycles. The maximum Gasteiger partial charge on any atom is 0.319 e. The van der Waals surface area contributed by atoms with Crippen molar-refractivity contribution < 1.29 is 14.0 Å². The van der Waals surface area contributed by atoms with Crippen LogP contribution in [0.15, 0.2) is 72.8 Å². The molecule has 0 saturated carbocycles.